The summed E-state index contributed by atoms with van der Waals surface area (Å²) in [5, 5.41) is 4.35. The highest BCUT2D eigenvalue weighted by molar-refractivity contribution is 5.73. The van der Waals surface area contributed by atoms with Crippen molar-refractivity contribution < 1.29 is 4.74 Å². The first-order valence-corrected chi connectivity index (χ1v) is 5.81. The van der Waals surface area contributed by atoms with Crippen LogP contribution in [0.3, 0.4) is 0 Å². The van der Waals surface area contributed by atoms with Crippen molar-refractivity contribution in [2.45, 2.75) is 31.9 Å². The molecule has 3 rings (SSSR count). The summed E-state index contributed by atoms with van der Waals surface area (Å²) in [7, 11) is 0. The number of hydrogen-bond acceptors (Lipinski definition) is 3. The smallest absolute Gasteiger partial charge is 0.108 e. The van der Waals surface area contributed by atoms with Crippen molar-refractivity contribution in [3.63, 3.8) is 0 Å². The average Bonchev–Trinajstić information content (AvgIpc) is 2.96. The molecule has 0 aromatic carbocycles. The molecule has 0 bridgehead atoms. The maximum absolute atomic E-state index is 5.61. The van der Waals surface area contributed by atoms with Gasteiger partial charge in [0.1, 0.15) is 5.52 Å². The number of nitrogens with zero attached hydrogens (tertiary/aromatic N) is 3. The maximum atomic E-state index is 5.61. The third-order valence-electron chi connectivity index (χ3n) is 3.10. The van der Waals surface area contributed by atoms with Gasteiger partial charge in [0.2, 0.25) is 0 Å². The second-order valence-corrected chi connectivity index (χ2v) is 4.20. The van der Waals surface area contributed by atoms with Crippen molar-refractivity contribution in [3.8, 4) is 0 Å². The minimum atomic E-state index is 0.427. The third kappa shape index (κ3) is 1.80. The molecular formula is C12H15N3O. The molecule has 0 amide bonds. The Bertz CT molecular complexity index is 474. The van der Waals surface area contributed by atoms with Crippen LogP contribution in [0, 0.1) is 0 Å². The zero-order valence-corrected chi connectivity index (χ0v) is 9.17. The molecule has 0 radical (unpaired) electrons. The standard InChI is InChI=1S/C12H15N3O/c1-4-12-11(13-6-1)9-14-15(12)7-5-10-3-2-8-16-10/h1,4,6,9-10H,2-3,5,7-8H2/t10-/m1/s1. The molecule has 0 unspecified atom stereocenters. The fourth-order valence-electron chi connectivity index (χ4n) is 2.23. The first-order chi connectivity index (χ1) is 7.93. The lowest BCUT2D eigenvalue weighted by molar-refractivity contribution is 0.0998. The van der Waals surface area contributed by atoms with Gasteiger partial charge in [-0.3, -0.25) is 9.67 Å². The van der Waals surface area contributed by atoms with E-state index < -0.39 is 0 Å². The normalized spacial score (nSPS) is 20.6. The van der Waals surface area contributed by atoms with Gasteiger partial charge in [-0.1, -0.05) is 0 Å². The van der Waals surface area contributed by atoms with Crippen LogP contribution in [0.25, 0.3) is 11.0 Å². The van der Waals surface area contributed by atoms with Crippen molar-refractivity contribution in [1.29, 1.82) is 0 Å². The molecule has 0 saturated carbocycles. The Hall–Kier alpha value is -1.42. The summed E-state index contributed by atoms with van der Waals surface area (Å²) in [5.74, 6) is 0. The molecule has 0 spiro atoms. The Morgan fingerprint density at radius 3 is 3.38 bits per heavy atom. The molecule has 1 aliphatic heterocycles. The zero-order valence-electron chi connectivity index (χ0n) is 9.17. The Morgan fingerprint density at radius 2 is 2.50 bits per heavy atom. The molecule has 4 nitrogen and oxygen atoms in total. The Balaban J connectivity index is 1.73. The molecule has 1 atom stereocenters. The molecule has 2 aromatic heterocycles. The summed E-state index contributed by atoms with van der Waals surface area (Å²) >= 11 is 0. The van der Waals surface area contributed by atoms with Crippen LogP contribution in [-0.4, -0.2) is 27.5 Å². The van der Waals surface area contributed by atoms with E-state index >= 15 is 0 Å². The van der Waals surface area contributed by atoms with Crippen LogP contribution in [-0.2, 0) is 11.3 Å². The van der Waals surface area contributed by atoms with Crippen LogP contribution in [0.2, 0.25) is 0 Å². The van der Waals surface area contributed by atoms with Gasteiger partial charge in [-0.15, -0.1) is 0 Å². The third-order valence-corrected chi connectivity index (χ3v) is 3.10. The van der Waals surface area contributed by atoms with E-state index in [4.69, 9.17) is 4.74 Å². The molecule has 3 heterocycles. The van der Waals surface area contributed by atoms with E-state index in [1.807, 2.05) is 16.9 Å². The average molecular weight is 217 g/mol. The van der Waals surface area contributed by atoms with Crippen LogP contribution in [0.4, 0.5) is 0 Å². The molecule has 4 heteroatoms. The fraction of sp³-hybridized carbons (Fsp3) is 0.500. The summed E-state index contributed by atoms with van der Waals surface area (Å²) < 4.78 is 7.62. The van der Waals surface area contributed by atoms with Gasteiger partial charge in [0, 0.05) is 19.3 Å². The number of pyridine rings is 1. The Kier molecular flexibility index (Phi) is 2.58. The molecule has 1 fully saturated rings. The lowest BCUT2D eigenvalue weighted by Gasteiger charge is -2.09. The zero-order chi connectivity index (χ0) is 10.8. The van der Waals surface area contributed by atoms with E-state index in [1.54, 1.807) is 6.20 Å². The van der Waals surface area contributed by atoms with E-state index in [2.05, 4.69) is 16.1 Å². The van der Waals surface area contributed by atoms with E-state index in [-0.39, 0.29) is 0 Å². The Labute approximate surface area is 94.2 Å². The van der Waals surface area contributed by atoms with Gasteiger partial charge in [0.05, 0.1) is 17.8 Å². The number of fused-ring (bicyclic) bond motifs is 1. The fourth-order valence-corrected chi connectivity index (χ4v) is 2.23. The lowest BCUT2D eigenvalue weighted by atomic mass is 10.2. The number of hydrogen-bond donors (Lipinski definition) is 0. The van der Waals surface area contributed by atoms with Gasteiger partial charge < -0.3 is 4.74 Å². The topological polar surface area (TPSA) is 39.9 Å². The predicted octanol–water partition coefficient (Wildman–Crippen LogP) is 2.00. The van der Waals surface area contributed by atoms with Crippen LogP contribution in [0.1, 0.15) is 19.3 Å². The SMILES string of the molecule is c1cnc2cnn(CC[C@H]3CCCO3)c2c1. The van der Waals surface area contributed by atoms with Crippen LogP contribution in [0.15, 0.2) is 24.5 Å². The summed E-state index contributed by atoms with van der Waals surface area (Å²) in [6.45, 7) is 1.84. The molecule has 1 saturated heterocycles. The van der Waals surface area contributed by atoms with Crippen LogP contribution >= 0.6 is 0 Å². The number of ether oxygens (including phenoxy) is 1. The van der Waals surface area contributed by atoms with Gasteiger partial charge in [0.15, 0.2) is 0 Å². The molecule has 0 aliphatic carbocycles. The number of aryl methyl sites for hydroxylation is 1. The van der Waals surface area contributed by atoms with Gasteiger partial charge in [-0.2, -0.15) is 5.10 Å². The molecule has 84 valence electrons. The Morgan fingerprint density at radius 1 is 1.50 bits per heavy atom. The largest absolute Gasteiger partial charge is 0.378 e. The van der Waals surface area contributed by atoms with Crippen LogP contribution < -0.4 is 0 Å². The van der Waals surface area contributed by atoms with E-state index in [0.717, 1.165) is 30.6 Å². The minimum Gasteiger partial charge on any atom is -0.378 e. The summed E-state index contributed by atoms with van der Waals surface area (Å²) in [6, 6.07) is 4.01. The lowest BCUT2D eigenvalue weighted by Crippen LogP contribution is -2.10. The van der Waals surface area contributed by atoms with Crippen molar-refractivity contribution in [1.82, 2.24) is 14.8 Å². The van der Waals surface area contributed by atoms with Gasteiger partial charge in [0.25, 0.3) is 0 Å². The van der Waals surface area contributed by atoms with Gasteiger partial charge in [-0.25, -0.2) is 0 Å². The predicted molar refractivity (Wildman–Crippen MR) is 61.1 cm³/mol. The first-order valence-electron chi connectivity index (χ1n) is 5.81. The van der Waals surface area contributed by atoms with Gasteiger partial charge in [-0.05, 0) is 31.4 Å². The number of rotatable bonds is 3. The highest BCUT2D eigenvalue weighted by Gasteiger charge is 2.15. The van der Waals surface area contributed by atoms with E-state index in [9.17, 15) is 0 Å². The molecular weight excluding hydrogens is 202 g/mol. The minimum absolute atomic E-state index is 0.427. The highest BCUT2D eigenvalue weighted by Crippen LogP contribution is 2.17. The highest BCUT2D eigenvalue weighted by atomic mass is 16.5. The van der Waals surface area contributed by atoms with Gasteiger partial charge >= 0.3 is 0 Å². The maximum Gasteiger partial charge on any atom is 0.108 e. The quantitative estimate of drug-likeness (QED) is 0.789. The second kappa shape index (κ2) is 4.22. The van der Waals surface area contributed by atoms with E-state index in [0.29, 0.717) is 6.10 Å². The van der Waals surface area contributed by atoms with Crippen LogP contribution in [0.5, 0.6) is 0 Å². The van der Waals surface area contributed by atoms with E-state index in [1.165, 1.54) is 12.8 Å². The number of aromatic nitrogens is 3. The molecule has 0 N–H and O–H groups in total. The summed E-state index contributed by atoms with van der Waals surface area (Å²) in [4.78, 5) is 4.27. The molecule has 2 aromatic rings. The second-order valence-electron chi connectivity index (χ2n) is 4.20. The summed E-state index contributed by atoms with van der Waals surface area (Å²) in [5.41, 5.74) is 2.08. The molecule has 1 aliphatic rings. The van der Waals surface area contributed by atoms with Crippen molar-refractivity contribution in [2.24, 2.45) is 0 Å². The summed E-state index contributed by atoms with van der Waals surface area (Å²) in [6.07, 6.45) is 7.49. The first kappa shape index (κ1) is 9.78. The molecule has 16 heavy (non-hydrogen) atoms. The van der Waals surface area contributed by atoms with Crippen molar-refractivity contribution in [2.75, 3.05) is 6.61 Å². The monoisotopic (exact) mass is 217 g/mol. The van der Waals surface area contributed by atoms with Crippen molar-refractivity contribution in [3.05, 3.63) is 24.5 Å². The van der Waals surface area contributed by atoms with Crippen molar-refractivity contribution >= 4 is 11.0 Å².